The van der Waals surface area contributed by atoms with Crippen molar-refractivity contribution in [2.24, 2.45) is 11.7 Å². The Labute approximate surface area is 253 Å². The Morgan fingerprint density at radius 3 is 1.79 bits per heavy atom. The van der Waals surface area contributed by atoms with Crippen LogP contribution in [-0.2, 0) is 41.8 Å². The number of aliphatic hydroxyl groups excluding tert-OH is 1. The third-order valence-electron chi connectivity index (χ3n) is 5.73. The van der Waals surface area contributed by atoms with Crippen molar-refractivity contribution >= 4 is 24.0 Å². The van der Waals surface area contributed by atoms with Gasteiger partial charge in [-0.05, 0) is 50.7 Å². The van der Waals surface area contributed by atoms with E-state index in [9.17, 15) is 24.3 Å². The van der Waals surface area contributed by atoms with E-state index in [1.54, 1.807) is 20.8 Å². The number of amides is 1. The van der Waals surface area contributed by atoms with Crippen LogP contribution in [0.4, 0.5) is 4.79 Å². The van der Waals surface area contributed by atoms with E-state index in [2.05, 4.69) is 5.32 Å². The summed E-state index contributed by atoms with van der Waals surface area (Å²) in [5, 5.41) is 21.6. The standard InChI is InChI=1S/C20H31NO5.C12H15NO4/c1-14(2)11-16(21-19(24)26-20(3,4)5)17(22)12-18(23)25-13-15-9-7-6-8-10-15;13-10(12(15)16)6-7-11(14)17-8-9-4-2-1-3-5-9/h6-10,14,16-17,22H,11-13H2,1-5H3,(H,21,24);1-5,10H,6-8,13H2,(H,15,16)/t16-,17-;10-/m00/s1. The van der Waals surface area contributed by atoms with Crippen LogP contribution in [0.1, 0.15) is 71.4 Å². The summed E-state index contributed by atoms with van der Waals surface area (Å²) in [7, 11) is 0. The number of alkyl carbamates (subject to hydrolysis) is 1. The predicted molar refractivity (Wildman–Crippen MR) is 161 cm³/mol. The SMILES string of the molecule is CC(C)C[C@H](NC(=O)OC(C)(C)C)[C@@H](O)CC(=O)OCc1ccccc1.N[C@@H](CCC(=O)OCc1ccccc1)C(=O)O. The summed E-state index contributed by atoms with van der Waals surface area (Å²) >= 11 is 0. The minimum Gasteiger partial charge on any atom is -0.480 e. The van der Waals surface area contributed by atoms with Crippen LogP contribution in [0.25, 0.3) is 0 Å². The van der Waals surface area contributed by atoms with Crippen LogP contribution in [0.15, 0.2) is 60.7 Å². The highest BCUT2D eigenvalue weighted by molar-refractivity contribution is 5.75. The van der Waals surface area contributed by atoms with E-state index in [0.717, 1.165) is 11.1 Å². The second-order valence-corrected chi connectivity index (χ2v) is 11.4. The molecule has 0 unspecified atom stereocenters. The third kappa shape index (κ3) is 18.2. The third-order valence-corrected chi connectivity index (χ3v) is 5.73. The van der Waals surface area contributed by atoms with E-state index in [0.29, 0.717) is 6.42 Å². The Morgan fingerprint density at radius 2 is 1.35 bits per heavy atom. The number of aliphatic hydroxyl groups is 1. The molecular formula is C32H46N2O9. The molecule has 2 aromatic carbocycles. The number of esters is 2. The predicted octanol–water partition coefficient (Wildman–Crippen LogP) is 4.34. The van der Waals surface area contributed by atoms with Gasteiger partial charge in [0.1, 0.15) is 24.9 Å². The van der Waals surface area contributed by atoms with Gasteiger partial charge in [0.15, 0.2) is 0 Å². The van der Waals surface area contributed by atoms with Gasteiger partial charge in [-0.1, -0.05) is 74.5 Å². The number of hydrogen-bond acceptors (Lipinski definition) is 9. The largest absolute Gasteiger partial charge is 0.480 e. The number of nitrogens with two attached hydrogens (primary N) is 1. The molecule has 2 aromatic rings. The Morgan fingerprint density at radius 1 is 0.860 bits per heavy atom. The topological polar surface area (TPSA) is 174 Å². The maximum Gasteiger partial charge on any atom is 0.407 e. The average Bonchev–Trinajstić information content (AvgIpc) is 2.93. The molecule has 0 saturated carbocycles. The van der Waals surface area contributed by atoms with Crippen molar-refractivity contribution < 1.29 is 43.6 Å². The number of carboxylic acid groups (broad SMARTS) is 1. The van der Waals surface area contributed by atoms with Gasteiger partial charge >= 0.3 is 24.0 Å². The zero-order chi connectivity index (χ0) is 32.4. The van der Waals surface area contributed by atoms with Gasteiger partial charge in [0.05, 0.1) is 18.6 Å². The highest BCUT2D eigenvalue weighted by atomic mass is 16.6. The summed E-state index contributed by atoms with van der Waals surface area (Å²) in [6.07, 6.45) is -1.23. The van der Waals surface area contributed by atoms with Crippen molar-refractivity contribution in [3.8, 4) is 0 Å². The normalized spacial score (nSPS) is 13.0. The van der Waals surface area contributed by atoms with Crippen LogP contribution in [0.2, 0.25) is 0 Å². The van der Waals surface area contributed by atoms with E-state index in [4.69, 9.17) is 25.1 Å². The van der Waals surface area contributed by atoms with Crippen LogP contribution in [0, 0.1) is 5.92 Å². The second-order valence-electron chi connectivity index (χ2n) is 11.4. The van der Waals surface area contributed by atoms with Gasteiger partial charge in [0.2, 0.25) is 0 Å². The number of carboxylic acids is 1. The molecule has 11 nitrogen and oxygen atoms in total. The maximum atomic E-state index is 12.0. The fraction of sp³-hybridized carbons (Fsp3) is 0.500. The highest BCUT2D eigenvalue weighted by Crippen LogP contribution is 2.14. The molecule has 238 valence electrons. The van der Waals surface area contributed by atoms with Crippen LogP contribution >= 0.6 is 0 Å². The smallest absolute Gasteiger partial charge is 0.407 e. The van der Waals surface area contributed by atoms with Gasteiger partial charge in [-0.2, -0.15) is 0 Å². The fourth-order valence-corrected chi connectivity index (χ4v) is 3.60. The van der Waals surface area contributed by atoms with Crippen LogP contribution in [0.5, 0.6) is 0 Å². The van der Waals surface area contributed by atoms with E-state index in [1.807, 2.05) is 74.5 Å². The summed E-state index contributed by atoms with van der Waals surface area (Å²) in [6, 6.07) is 17.0. The Hall–Kier alpha value is -3.96. The molecule has 3 atom stereocenters. The minimum absolute atomic E-state index is 0.0142. The molecule has 0 spiro atoms. The molecular weight excluding hydrogens is 556 g/mol. The van der Waals surface area contributed by atoms with Crippen molar-refractivity contribution in [2.75, 3.05) is 0 Å². The summed E-state index contributed by atoms with van der Waals surface area (Å²) in [4.78, 5) is 45.7. The summed E-state index contributed by atoms with van der Waals surface area (Å²) in [5.74, 6) is -1.84. The first-order valence-corrected chi connectivity index (χ1v) is 14.2. The van der Waals surface area contributed by atoms with Crippen LogP contribution in [-0.4, -0.2) is 58.0 Å². The van der Waals surface area contributed by atoms with Crippen molar-refractivity contribution in [2.45, 2.75) is 97.3 Å². The van der Waals surface area contributed by atoms with Gasteiger partial charge in [0.25, 0.3) is 0 Å². The monoisotopic (exact) mass is 602 g/mol. The number of ether oxygens (including phenoxy) is 3. The van der Waals surface area contributed by atoms with Crippen LogP contribution in [0.3, 0.4) is 0 Å². The number of rotatable bonds is 14. The number of aliphatic carboxylic acids is 1. The molecule has 0 aliphatic rings. The van der Waals surface area contributed by atoms with E-state index < -0.39 is 47.8 Å². The average molecular weight is 603 g/mol. The Kier molecular flexibility index (Phi) is 16.6. The lowest BCUT2D eigenvalue weighted by Crippen LogP contribution is -2.46. The van der Waals surface area contributed by atoms with Gasteiger partial charge in [0, 0.05) is 6.42 Å². The first-order chi connectivity index (χ1) is 20.2. The lowest BCUT2D eigenvalue weighted by molar-refractivity contribution is -0.148. The molecule has 0 aliphatic heterocycles. The minimum atomic E-state index is -1.11. The Balaban J connectivity index is 0.000000469. The molecule has 0 heterocycles. The summed E-state index contributed by atoms with van der Waals surface area (Å²) in [6.45, 7) is 9.60. The van der Waals surface area contributed by atoms with Gasteiger partial charge in [-0.15, -0.1) is 0 Å². The highest BCUT2D eigenvalue weighted by Gasteiger charge is 2.27. The van der Waals surface area contributed by atoms with E-state index >= 15 is 0 Å². The molecule has 0 aliphatic carbocycles. The fourth-order valence-electron chi connectivity index (χ4n) is 3.60. The van der Waals surface area contributed by atoms with E-state index in [-0.39, 0.29) is 38.4 Å². The first kappa shape index (κ1) is 37.1. The van der Waals surface area contributed by atoms with E-state index in [1.165, 1.54) is 0 Å². The molecule has 0 radical (unpaired) electrons. The van der Waals surface area contributed by atoms with Gasteiger partial charge < -0.3 is 35.5 Å². The van der Waals surface area contributed by atoms with Crippen molar-refractivity contribution in [3.63, 3.8) is 0 Å². The number of nitrogens with one attached hydrogen (secondary N) is 1. The van der Waals surface area contributed by atoms with Crippen LogP contribution < -0.4 is 11.1 Å². The molecule has 0 aromatic heterocycles. The van der Waals surface area contributed by atoms with Gasteiger partial charge in [-0.25, -0.2) is 4.79 Å². The molecule has 1 amide bonds. The molecule has 0 fully saturated rings. The zero-order valence-electron chi connectivity index (χ0n) is 25.7. The molecule has 11 heteroatoms. The molecule has 5 N–H and O–H groups in total. The van der Waals surface area contributed by atoms with Crippen molar-refractivity contribution in [1.29, 1.82) is 0 Å². The molecule has 43 heavy (non-hydrogen) atoms. The lowest BCUT2D eigenvalue weighted by atomic mass is 9.97. The second kappa shape index (κ2) is 19.3. The number of benzene rings is 2. The molecule has 2 rings (SSSR count). The van der Waals surface area contributed by atoms with Gasteiger partial charge in [-0.3, -0.25) is 14.4 Å². The maximum absolute atomic E-state index is 12.0. The van der Waals surface area contributed by atoms with Crippen molar-refractivity contribution in [3.05, 3.63) is 71.8 Å². The summed E-state index contributed by atoms with van der Waals surface area (Å²) < 4.78 is 15.4. The molecule has 0 saturated heterocycles. The number of carbonyl (C=O) groups is 4. The lowest BCUT2D eigenvalue weighted by Gasteiger charge is -2.27. The van der Waals surface area contributed by atoms with Crippen molar-refractivity contribution in [1.82, 2.24) is 5.32 Å². The number of hydrogen-bond donors (Lipinski definition) is 4. The summed E-state index contributed by atoms with van der Waals surface area (Å²) in [5.41, 5.74) is 6.40. The number of carbonyl (C=O) groups excluding carboxylic acids is 3. The Bertz CT molecular complexity index is 1120. The first-order valence-electron chi connectivity index (χ1n) is 14.2. The molecule has 0 bridgehead atoms. The quantitative estimate of drug-likeness (QED) is 0.180. The zero-order valence-corrected chi connectivity index (χ0v) is 25.7.